The van der Waals surface area contributed by atoms with Gasteiger partial charge in [-0.1, -0.05) is 380 Å². The third-order valence-corrected chi connectivity index (χ3v) is 17.9. The van der Waals surface area contributed by atoms with E-state index in [-0.39, 0.29) is 46.0 Å². The van der Waals surface area contributed by atoms with E-state index in [1.165, 1.54) is 77.5 Å². The topological polar surface area (TPSA) is 271 Å². The number of rotatable bonds is 16. The van der Waals surface area contributed by atoms with Gasteiger partial charge in [0.1, 0.15) is 5.75 Å². The summed E-state index contributed by atoms with van der Waals surface area (Å²) < 4.78 is 0. The van der Waals surface area contributed by atoms with Crippen molar-refractivity contribution in [2.75, 3.05) is 13.1 Å². The van der Waals surface area contributed by atoms with E-state index in [2.05, 4.69) is 359 Å². The maximum atomic E-state index is 9.93. The molecule has 0 aliphatic carbocycles. The lowest BCUT2D eigenvalue weighted by atomic mass is 9.81. The summed E-state index contributed by atoms with van der Waals surface area (Å²) in [6, 6.07) is 26.5. The highest BCUT2D eigenvalue weighted by Crippen LogP contribution is 2.31. The van der Waals surface area contributed by atoms with Crippen molar-refractivity contribution in [3.63, 3.8) is 0 Å². The first-order valence-corrected chi connectivity index (χ1v) is 44.3. The second kappa shape index (κ2) is 63.8. The van der Waals surface area contributed by atoms with Crippen LogP contribution in [0.25, 0.3) is 10.9 Å². The number of phenols is 1. The molecule has 0 radical (unpaired) electrons. The van der Waals surface area contributed by atoms with Gasteiger partial charge in [0.15, 0.2) is 11.4 Å². The minimum absolute atomic E-state index is 0. The summed E-state index contributed by atoms with van der Waals surface area (Å²) in [4.78, 5) is 32.1. The molecule has 16 N–H and O–H groups in total. The number of benzene rings is 3. The molecule has 0 spiro atoms. The summed E-state index contributed by atoms with van der Waals surface area (Å²) in [6.07, 6.45) is 25.7. The van der Waals surface area contributed by atoms with E-state index < -0.39 is 11.9 Å². The molecule has 2 aliphatic heterocycles. The van der Waals surface area contributed by atoms with E-state index in [0.717, 1.165) is 69.4 Å². The smallest absolute Gasteiger partial charge is 0.338 e. The number of H-pyrrole nitrogens is 1. The first-order valence-electron chi connectivity index (χ1n) is 44.3. The predicted octanol–water partition coefficient (Wildman–Crippen LogP) is 20.0. The Balaban J connectivity index is -0.000000160. The number of quaternary nitrogens is 3. The number of nitrogens with two attached hydrogens (primary N) is 4. The maximum Gasteiger partial charge on any atom is 0.338 e. The number of unbranched alkanes of at least 4 members (excludes halogenated alkanes) is 1. The third-order valence-electron chi connectivity index (χ3n) is 17.9. The average Bonchev–Trinajstić information content (AvgIpc) is 1.68. The Kier molecular flexibility index (Phi) is 70.1. The van der Waals surface area contributed by atoms with Crippen LogP contribution in [0, 0.1) is 82.7 Å². The van der Waals surface area contributed by atoms with Crippen LogP contribution < -0.4 is 53.0 Å². The molecule has 1 unspecified atom stereocenters. The van der Waals surface area contributed by atoms with Crippen molar-refractivity contribution in [3.05, 3.63) is 126 Å². The van der Waals surface area contributed by atoms with Crippen LogP contribution in [0.3, 0.4) is 0 Å². The van der Waals surface area contributed by atoms with Gasteiger partial charge in [-0.15, -0.1) is 0 Å². The number of aromatic amines is 1. The Hall–Kier alpha value is -6.09. The van der Waals surface area contributed by atoms with Gasteiger partial charge >= 0.3 is 18.6 Å². The molecule has 4 aromatic rings. The molecular formula is C106H209N9O5+4. The molecule has 704 valence electrons. The highest BCUT2D eigenvalue weighted by Gasteiger charge is 2.23. The van der Waals surface area contributed by atoms with Crippen LogP contribution in [0.5, 0.6) is 5.75 Å². The zero-order valence-corrected chi connectivity index (χ0v) is 84.7. The molecule has 0 amide bonds. The van der Waals surface area contributed by atoms with Crippen LogP contribution in [-0.2, 0) is 28.9 Å². The molecule has 120 heavy (non-hydrogen) atoms. The SMILES string of the molecule is C.C.C.CC(C)(C)CC(=O)[O-].CC(C)(C)CC1=C[NH+]=C[NH2+]1.CC(C)(C)CC1=C[NH+]=C[NH2+]1.CC(C)(C)CCC(=O)[O-].CC(C)(C)CCCC[NH3+].CC(C)(C)CCC[NH+]=C(N)N.CC(C)(C)Cc1c[nH]c2ccccc12.CC(C)(C)Cc1ccc(O)cc1.CC(C)(C)Cc1ccccc1.CC(C)C(C)(C)C.CC(C)CC(C)(C)C.CCC(C)C(C)(C)C. The molecule has 6 rings (SSSR count). The number of carbonyl (C=O) groups is 2. The number of nitrogens with one attached hydrogen (secondary N) is 4. The van der Waals surface area contributed by atoms with Crippen LogP contribution in [0.4, 0.5) is 0 Å². The van der Waals surface area contributed by atoms with Crippen molar-refractivity contribution in [1.82, 2.24) is 4.98 Å². The number of phenolic OH excluding ortho intramolecular Hbond substituents is 1. The fourth-order valence-corrected chi connectivity index (χ4v) is 10.9. The number of fused-ring (bicyclic) bond motifs is 1. The molecule has 0 bridgehead atoms. The Morgan fingerprint density at radius 3 is 1.10 bits per heavy atom. The molecule has 0 saturated heterocycles. The van der Waals surface area contributed by atoms with Crippen molar-refractivity contribution in [2.24, 2.45) is 94.2 Å². The zero-order chi connectivity index (χ0) is 93.1. The molecule has 2 aliphatic rings. The molecule has 14 heteroatoms. The molecule has 14 nitrogen and oxygen atoms in total. The standard InChI is InChI=1S/C13H17N.C11H16O.C11H16.C8H19N3.2C8H14N2.C8H19N.2C8H18.C7H14O2.C7H16.C6H12O2.3CH4/c1-13(2,3)8-10-9-14-12-7-5-4-6-11(10)12;1-11(2,3)8-9-4-6-10(12)7-5-9;1-11(2,3)9-10-7-5-4-6-8-10;1-8(2,3)5-4-6-11-7(9)10;2*1-8(2,3)4-7-5-9-6-10-7;1-8(2,3)6-4-5-7-9;1-7(2)6-8(3,4)5;1-6-7(2)8(3,4)5;1-7(2,3)5-4-6(8)9;1-6(2)7(3,4)5;1-6(2,3)4-5(7)8;;;/h4-7,9,14H,8H2,1-3H3;4-7,12H,8H2,1-3H3;4-8H,9H2,1-3H3;4-6H2,1-3H3,(H4,9,10,11);2*5-6H,4H2,1-3H3,(H,9,10);4-7,9H2,1-3H3;2*7H,6H2,1-5H3;4-5H2,1-3H3,(H,8,9);6H,1-5H3;4H2,1-3H3,(H,7,8);3*1H4/p+4. The summed E-state index contributed by atoms with van der Waals surface area (Å²) in [5.41, 5.74) is 26.7. The van der Waals surface area contributed by atoms with E-state index in [9.17, 15) is 19.8 Å². The summed E-state index contributed by atoms with van der Waals surface area (Å²) in [5.74, 6) is 1.22. The predicted molar refractivity (Wildman–Crippen MR) is 529 cm³/mol. The molecular weight excluding hydrogens is 1480 g/mol. The van der Waals surface area contributed by atoms with Crippen molar-refractivity contribution in [1.29, 1.82) is 0 Å². The van der Waals surface area contributed by atoms with Gasteiger partial charge in [-0.3, -0.25) is 16.5 Å². The lowest BCUT2D eigenvalue weighted by Gasteiger charge is -2.25. The Labute approximate surface area is 746 Å². The third kappa shape index (κ3) is 104. The van der Waals surface area contributed by atoms with E-state index >= 15 is 0 Å². The minimum Gasteiger partial charge on any atom is -0.550 e. The van der Waals surface area contributed by atoms with E-state index in [0.29, 0.717) is 72.3 Å². The normalized spacial score (nSPS) is 12.8. The van der Waals surface area contributed by atoms with Gasteiger partial charge in [0.2, 0.25) is 12.4 Å². The molecule has 1 atom stereocenters. The second-order valence-electron chi connectivity index (χ2n) is 47.5. The fraction of sp³-hybridized carbons (Fsp3) is 0.726. The number of carboxylic acid groups (broad SMARTS) is 2. The van der Waals surface area contributed by atoms with Gasteiger partial charge in [0.25, 0.3) is 0 Å². The summed E-state index contributed by atoms with van der Waals surface area (Å²) in [5, 5.41) is 34.5. The van der Waals surface area contributed by atoms with Crippen LogP contribution in [0.15, 0.2) is 109 Å². The van der Waals surface area contributed by atoms with Crippen LogP contribution in [0.2, 0.25) is 0 Å². The van der Waals surface area contributed by atoms with E-state index in [4.69, 9.17) is 16.6 Å². The second-order valence-corrected chi connectivity index (χ2v) is 47.5. The summed E-state index contributed by atoms with van der Waals surface area (Å²) in [7, 11) is 0. The largest absolute Gasteiger partial charge is 0.550 e. The average molecular weight is 1690 g/mol. The number of guanidine groups is 1. The number of carboxylic acids is 2. The van der Waals surface area contributed by atoms with Gasteiger partial charge in [0, 0.05) is 41.9 Å². The lowest BCUT2D eigenvalue weighted by molar-refractivity contribution is -0.506. The molecule has 1 aromatic heterocycles. The number of carbonyl (C=O) groups excluding carboxylic acids is 2. The number of hydrogen-bond donors (Lipinski definition) is 10. The van der Waals surface area contributed by atoms with Crippen molar-refractivity contribution < 1.29 is 56.3 Å². The van der Waals surface area contributed by atoms with Crippen molar-refractivity contribution >= 4 is 41.5 Å². The minimum atomic E-state index is -0.975. The Morgan fingerprint density at radius 2 is 0.842 bits per heavy atom. The van der Waals surface area contributed by atoms with Crippen LogP contribution in [0.1, 0.15) is 407 Å². The molecule has 3 aromatic carbocycles. The van der Waals surface area contributed by atoms with Gasteiger partial charge in [-0.05, 0) is 195 Å². The van der Waals surface area contributed by atoms with Gasteiger partial charge < -0.3 is 35.6 Å². The monoisotopic (exact) mass is 1690 g/mol. The molecule has 0 fully saturated rings. The number of aromatic hydroxyl groups is 1. The van der Waals surface area contributed by atoms with E-state index in [1.807, 2.05) is 66.4 Å². The Morgan fingerprint density at radius 1 is 0.467 bits per heavy atom. The summed E-state index contributed by atoms with van der Waals surface area (Å²) >= 11 is 0. The fourth-order valence-electron chi connectivity index (χ4n) is 10.9. The lowest BCUT2D eigenvalue weighted by Crippen LogP contribution is -2.84. The quantitative estimate of drug-likeness (QED) is 0.0294. The molecule has 3 heterocycles. The first kappa shape index (κ1) is 132. The summed E-state index contributed by atoms with van der Waals surface area (Å²) in [6.45, 7) is 95.0. The zero-order valence-electron chi connectivity index (χ0n) is 84.7. The van der Waals surface area contributed by atoms with E-state index in [1.54, 1.807) is 12.1 Å². The number of hydrogen-bond acceptors (Lipinski definition) is 5. The Bertz CT molecular complexity index is 3250. The number of aromatic nitrogens is 1. The number of allylic oxidation sites excluding steroid dienone is 2. The van der Waals surface area contributed by atoms with Gasteiger partial charge in [0.05, 0.1) is 13.1 Å². The maximum absolute atomic E-state index is 9.93. The van der Waals surface area contributed by atoms with Gasteiger partial charge in [-0.2, -0.15) is 9.98 Å². The number of aliphatic carboxylic acids is 2. The van der Waals surface area contributed by atoms with Crippen LogP contribution in [-0.4, -0.2) is 53.8 Å². The van der Waals surface area contributed by atoms with Crippen LogP contribution >= 0.6 is 0 Å². The number of para-hydroxylation sites is 1. The first-order chi connectivity index (χ1) is 52.4. The van der Waals surface area contributed by atoms with Crippen molar-refractivity contribution in [2.45, 2.75) is 409 Å². The molecule has 0 saturated carbocycles. The van der Waals surface area contributed by atoms with Gasteiger partial charge in [-0.25, -0.2) is 10.6 Å². The van der Waals surface area contributed by atoms with Crippen molar-refractivity contribution in [3.8, 4) is 5.75 Å². The highest BCUT2D eigenvalue weighted by atomic mass is 16.4. The highest BCUT2D eigenvalue weighted by molar-refractivity contribution is 5.83.